The second kappa shape index (κ2) is 5.20. The van der Waals surface area contributed by atoms with Crippen molar-refractivity contribution in [3.8, 4) is 0 Å². The average Bonchev–Trinajstić information content (AvgIpc) is 2.89. The minimum Gasteiger partial charge on any atom is -0.348 e. The molecule has 4 nitrogen and oxygen atoms in total. The zero-order valence-electron chi connectivity index (χ0n) is 10.3. The van der Waals surface area contributed by atoms with Gasteiger partial charge in [-0.15, -0.1) is 0 Å². The fourth-order valence-electron chi connectivity index (χ4n) is 1.54. The number of amides is 1. The van der Waals surface area contributed by atoms with Gasteiger partial charge in [0.2, 0.25) is 0 Å². The topological polar surface area (TPSA) is 62.0 Å². The van der Waals surface area contributed by atoms with Crippen LogP contribution in [-0.2, 0) is 0 Å². The Morgan fingerprint density at radius 2 is 1.65 bits per heavy atom. The third-order valence-electron chi connectivity index (χ3n) is 2.59. The van der Waals surface area contributed by atoms with E-state index in [-0.39, 0.29) is 17.2 Å². The number of hydrogen-bond donors (Lipinski definition) is 2. The predicted molar refractivity (Wildman–Crippen MR) is 65.1 cm³/mol. The molecule has 0 atom stereocenters. The predicted octanol–water partition coefficient (Wildman–Crippen LogP) is 2.89. The number of ketones is 1. The molecule has 1 aromatic carbocycles. The first-order valence-corrected chi connectivity index (χ1v) is 5.55. The van der Waals surface area contributed by atoms with Crippen LogP contribution in [0.25, 0.3) is 0 Å². The Balaban J connectivity index is 2.23. The van der Waals surface area contributed by atoms with Crippen molar-refractivity contribution in [3.63, 3.8) is 0 Å². The number of carbonyl (C=O) groups is 2. The second-order valence-corrected chi connectivity index (χ2v) is 4.02. The summed E-state index contributed by atoms with van der Waals surface area (Å²) in [4.78, 5) is 25.3. The molecular weight excluding hydrogens is 273 g/mol. The van der Waals surface area contributed by atoms with E-state index >= 15 is 0 Å². The first-order chi connectivity index (χ1) is 9.40. The molecule has 1 heterocycles. The van der Waals surface area contributed by atoms with Crippen LogP contribution < -0.4 is 5.32 Å². The molecular formula is C13H9F3N2O2. The molecule has 104 valence electrons. The number of carbonyl (C=O) groups excluding carboxylic acids is 2. The molecule has 1 aromatic heterocycles. The highest BCUT2D eigenvalue weighted by molar-refractivity contribution is 6.04. The minimum atomic E-state index is -1.67. The number of halogens is 3. The quantitative estimate of drug-likeness (QED) is 0.671. The molecule has 1 amide bonds. The largest absolute Gasteiger partial charge is 0.348 e. The summed E-state index contributed by atoms with van der Waals surface area (Å²) in [7, 11) is 0. The van der Waals surface area contributed by atoms with Gasteiger partial charge >= 0.3 is 0 Å². The number of rotatable bonds is 3. The van der Waals surface area contributed by atoms with Crippen molar-refractivity contribution in [2.24, 2.45) is 0 Å². The van der Waals surface area contributed by atoms with E-state index < -0.39 is 29.0 Å². The first kappa shape index (κ1) is 13.9. The van der Waals surface area contributed by atoms with E-state index in [1.54, 1.807) is 0 Å². The van der Waals surface area contributed by atoms with E-state index in [1.807, 2.05) is 0 Å². The fraction of sp³-hybridized carbons (Fsp3) is 0.0769. The molecule has 20 heavy (non-hydrogen) atoms. The van der Waals surface area contributed by atoms with Crippen molar-refractivity contribution in [3.05, 3.63) is 53.1 Å². The maximum absolute atomic E-state index is 13.4. The lowest BCUT2D eigenvalue weighted by atomic mass is 10.2. The van der Waals surface area contributed by atoms with E-state index in [2.05, 4.69) is 10.3 Å². The molecule has 0 radical (unpaired) electrons. The van der Waals surface area contributed by atoms with Gasteiger partial charge in [0.15, 0.2) is 23.2 Å². The summed E-state index contributed by atoms with van der Waals surface area (Å²) in [5.74, 6) is -5.56. The number of hydrogen-bond acceptors (Lipinski definition) is 2. The Labute approximate surface area is 111 Å². The van der Waals surface area contributed by atoms with Gasteiger partial charge in [0.25, 0.3) is 5.91 Å². The zero-order chi connectivity index (χ0) is 14.9. The van der Waals surface area contributed by atoms with Gasteiger partial charge in [-0.2, -0.15) is 0 Å². The van der Waals surface area contributed by atoms with E-state index in [0.717, 1.165) is 6.07 Å². The van der Waals surface area contributed by atoms with Crippen LogP contribution in [0.3, 0.4) is 0 Å². The van der Waals surface area contributed by atoms with Crippen molar-refractivity contribution >= 4 is 17.4 Å². The van der Waals surface area contributed by atoms with Crippen molar-refractivity contribution in [2.75, 3.05) is 5.32 Å². The Kier molecular flexibility index (Phi) is 3.60. The monoisotopic (exact) mass is 282 g/mol. The maximum atomic E-state index is 13.4. The Hall–Kier alpha value is -2.57. The first-order valence-electron chi connectivity index (χ1n) is 5.55. The number of Topliss-reactive ketones (excluding diaryl/α,β-unsaturated/α-hetero) is 1. The highest BCUT2D eigenvalue weighted by atomic mass is 19.2. The number of anilines is 1. The summed E-state index contributed by atoms with van der Waals surface area (Å²) < 4.78 is 39.1. The van der Waals surface area contributed by atoms with Gasteiger partial charge in [0.1, 0.15) is 5.69 Å². The van der Waals surface area contributed by atoms with E-state index in [9.17, 15) is 22.8 Å². The number of aromatic amines is 1. The van der Waals surface area contributed by atoms with Crippen molar-refractivity contribution in [2.45, 2.75) is 6.92 Å². The minimum absolute atomic E-state index is 0.000617. The molecule has 2 aromatic rings. The molecule has 0 saturated heterocycles. The zero-order valence-corrected chi connectivity index (χ0v) is 10.3. The Morgan fingerprint density at radius 1 is 1.00 bits per heavy atom. The lowest BCUT2D eigenvalue weighted by molar-refractivity contribution is 0.101. The molecule has 0 fully saturated rings. The number of nitrogens with one attached hydrogen (secondary N) is 2. The smallest absolute Gasteiger partial charge is 0.272 e. The number of benzene rings is 1. The van der Waals surface area contributed by atoms with Crippen LogP contribution in [0.1, 0.15) is 27.9 Å². The second-order valence-electron chi connectivity index (χ2n) is 4.02. The highest BCUT2D eigenvalue weighted by Gasteiger charge is 2.17. The van der Waals surface area contributed by atoms with Gasteiger partial charge in [-0.3, -0.25) is 9.59 Å². The van der Waals surface area contributed by atoms with Gasteiger partial charge in [-0.1, -0.05) is 0 Å². The molecule has 0 aliphatic rings. The average molecular weight is 282 g/mol. The Bertz CT molecular complexity index is 695. The molecule has 0 aliphatic heterocycles. The maximum Gasteiger partial charge on any atom is 0.272 e. The van der Waals surface area contributed by atoms with Crippen LogP contribution >= 0.6 is 0 Å². The molecule has 0 bridgehead atoms. The van der Waals surface area contributed by atoms with Crippen LogP contribution in [-0.4, -0.2) is 16.7 Å². The molecule has 0 unspecified atom stereocenters. The van der Waals surface area contributed by atoms with Gasteiger partial charge < -0.3 is 10.3 Å². The van der Waals surface area contributed by atoms with Crippen LogP contribution in [0.15, 0.2) is 24.3 Å². The van der Waals surface area contributed by atoms with Crippen molar-refractivity contribution < 1.29 is 22.8 Å². The molecule has 0 spiro atoms. The standard InChI is InChI=1S/C13H9F3N2O2/c1-6(19)8-4-5-10(17-8)13(20)18-9-3-2-7(14)11(15)12(9)16/h2-5,17H,1H3,(H,18,20). The number of H-pyrrole nitrogens is 1. The summed E-state index contributed by atoms with van der Waals surface area (Å²) in [6.45, 7) is 1.31. The normalized spacial score (nSPS) is 10.4. The third kappa shape index (κ3) is 2.56. The van der Waals surface area contributed by atoms with Gasteiger partial charge in [-0.05, 0) is 24.3 Å². The van der Waals surface area contributed by atoms with Gasteiger partial charge in [0, 0.05) is 6.92 Å². The van der Waals surface area contributed by atoms with E-state index in [0.29, 0.717) is 6.07 Å². The fourth-order valence-corrected chi connectivity index (χ4v) is 1.54. The van der Waals surface area contributed by atoms with E-state index in [4.69, 9.17) is 0 Å². The van der Waals surface area contributed by atoms with Crippen LogP contribution in [0.5, 0.6) is 0 Å². The highest BCUT2D eigenvalue weighted by Crippen LogP contribution is 2.20. The van der Waals surface area contributed by atoms with Crippen LogP contribution in [0.4, 0.5) is 18.9 Å². The van der Waals surface area contributed by atoms with Crippen LogP contribution in [0.2, 0.25) is 0 Å². The van der Waals surface area contributed by atoms with Gasteiger partial charge in [-0.25, -0.2) is 13.2 Å². The number of aromatic nitrogens is 1. The summed E-state index contributed by atoms with van der Waals surface area (Å²) in [5.41, 5.74) is -0.284. The van der Waals surface area contributed by atoms with Crippen LogP contribution in [0, 0.1) is 17.5 Å². The SMILES string of the molecule is CC(=O)c1ccc(C(=O)Nc2ccc(F)c(F)c2F)[nH]1. The molecule has 7 heteroatoms. The summed E-state index contributed by atoms with van der Waals surface area (Å²) in [6, 6.07) is 4.31. The molecule has 0 aliphatic carbocycles. The summed E-state index contributed by atoms with van der Waals surface area (Å²) in [5, 5.41) is 2.08. The van der Waals surface area contributed by atoms with E-state index in [1.165, 1.54) is 19.1 Å². The molecule has 0 saturated carbocycles. The van der Waals surface area contributed by atoms with Crippen molar-refractivity contribution in [1.82, 2.24) is 4.98 Å². The molecule has 2 N–H and O–H groups in total. The lowest BCUT2D eigenvalue weighted by Gasteiger charge is -2.06. The Morgan fingerprint density at radius 3 is 2.25 bits per heavy atom. The van der Waals surface area contributed by atoms with Crippen molar-refractivity contribution in [1.29, 1.82) is 0 Å². The lowest BCUT2D eigenvalue weighted by Crippen LogP contribution is -2.14. The van der Waals surface area contributed by atoms with Gasteiger partial charge in [0.05, 0.1) is 11.4 Å². The third-order valence-corrected chi connectivity index (χ3v) is 2.59. The summed E-state index contributed by atoms with van der Waals surface area (Å²) >= 11 is 0. The molecule has 2 rings (SSSR count). The summed E-state index contributed by atoms with van der Waals surface area (Å²) in [6.07, 6.45) is 0.